The normalized spacial score (nSPS) is 21.6. The molecule has 2 atom stereocenters. The number of aryl methyl sites for hydroxylation is 1. The minimum atomic E-state index is 0.0943. The molecule has 168 valence electrons. The number of carbonyl (C=O) groups excluding carboxylic acids is 1. The molecule has 2 aromatic heterocycles. The van der Waals surface area contributed by atoms with Crippen LogP contribution in [0.1, 0.15) is 6.42 Å². The van der Waals surface area contributed by atoms with Crippen LogP contribution in [-0.4, -0.2) is 72.1 Å². The SMILES string of the molecule is COc1ccccc1-c1cc2cc(NC(=O)[C@H]3C[C@H]3CN3CCN(C)CC3)ncc2n1C. The zero-order chi connectivity index (χ0) is 22.2. The molecule has 1 saturated heterocycles. The van der Waals surface area contributed by atoms with E-state index in [0.717, 1.165) is 67.1 Å². The monoisotopic (exact) mass is 433 g/mol. The topological polar surface area (TPSA) is 62.6 Å². The number of rotatable bonds is 6. The first-order valence-electron chi connectivity index (χ1n) is 11.3. The summed E-state index contributed by atoms with van der Waals surface area (Å²) in [6, 6.07) is 12.1. The van der Waals surface area contributed by atoms with E-state index >= 15 is 0 Å². The molecular formula is C25H31N5O2. The number of anilines is 1. The van der Waals surface area contributed by atoms with Gasteiger partial charge in [0.2, 0.25) is 5.91 Å². The quantitative estimate of drug-likeness (QED) is 0.647. The summed E-state index contributed by atoms with van der Waals surface area (Å²) in [6.45, 7) is 5.45. The minimum absolute atomic E-state index is 0.0943. The lowest BCUT2D eigenvalue weighted by Crippen LogP contribution is -2.45. The highest BCUT2D eigenvalue weighted by Crippen LogP contribution is 2.40. The number of benzene rings is 1. The average molecular weight is 434 g/mol. The molecule has 5 rings (SSSR count). The number of nitrogens with zero attached hydrogens (tertiary/aromatic N) is 4. The van der Waals surface area contributed by atoms with Gasteiger partial charge in [0, 0.05) is 56.6 Å². The Labute approximate surface area is 189 Å². The second-order valence-electron chi connectivity index (χ2n) is 9.11. The zero-order valence-corrected chi connectivity index (χ0v) is 19.0. The fraction of sp³-hybridized carbons (Fsp3) is 0.440. The molecule has 0 bridgehead atoms. The molecule has 7 nitrogen and oxygen atoms in total. The Morgan fingerprint density at radius 3 is 2.72 bits per heavy atom. The van der Waals surface area contributed by atoms with Crippen LogP contribution >= 0.6 is 0 Å². The first-order valence-corrected chi connectivity index (χ1v) is 11.3. The second-order valence-corrected chi connectivity index (χ2v) is 9.11. The average Bonchev–Trinajstić information content (AvgIpc) is 3.50. The number of nitrogens with one attached hydrogen (secondary N) is 1. The standard InChI is InChI=1S/C25H31N5O2/c1-28-8-10-30(11-9-28)16-18-12-20(18)25(31)27-24-14-17-13-21(29(2)22(17)15-26-24)19-6-4-5-7-23(19)32-3/h4-7,13-15,18,20H,8-12,16H2,1-3H3,(H,26,27,31)/t18-,20-/m0/s1. The molecule has 7 heteroatoms. The molecule has 2 fully saturated rings. The van der Waals surface area contributed by atoms with E-state index in [4.69, 9.17) is 4.74 Å². The lowest BCUT2D eigenvalue weighted by molar-refractivity contribution is -0.117. The Balaban J connectivity index is 1.27. The Hall–Kier alpha value is -2.90. The highest BCUT2D eigenvalue weighted by atomic mass is 16.5. The van der Waals surface area contributed by atoms with Crippen molar-refractivity contribution < 1.29 is 9.53 Å². The Morgan fingerprint density at radius 1 is 1.16 bits per heavy atom. The van der Waals surface area contributed by atoms with Crippen molar-refractivity contribution in [1.82, 2.24) is 19.4 Å². The van der Waals surface area contributed by atoms with Crippen LogP contribution in [0, 0.1) is 11.8 Å². The number of aromatic nitrogens is 2. The van der Waals surface area contributed by atoms with Crippen LogP contribution in [0.4, 0.5) is 5.82 Å². The number of ether oxygens (including phenoxy) is 1. The number of carbonyl (C=O) groups is 1. The highest BCUT2D eigenvalue weighted by Gasteiger charge is 2.43. The van der Waals surface area contributed by atoms with Crippen LogP contribution < -0.4 is 10.1 Å². The van der Waals surface area contributed by atoms with Crippen molar-refractivity contribution in [3.63, 3.8) is 0 Å². The zero-order valence-electron chi connectivity index (χ0n) is 19.0. The van der Waals surface area contributed by atoms with Crippen LogP contribution in [0.2, 0.25) is 0 Å². The molecule has 32 heavy (non-hydrogen) atoms. The first-order chi connectivity index (χ1) is 15.5. The molecule has 2 aliphatic rings. The lowest BCUT2D eigenvalue weighted by atomic mass is 10.1. The van der Waals surface area contributed by atoms with Gasteiger partial charge in [-0.1, -0.05) is 12.1 Å². The van der Waals surface area contributed by atoms with Crippen molar-refractivity contribution in [3.8, 4) is 17.0 Å². The Morgan fingerprint density at radius 2 is 1.94 bits per heavy atom. The maximum Gasteiger partial charge on any atom is 0.228 e. The predicted octanol–water partition coefficient (Wildman–Crippen LogP) is 3.07. The third-order valence-electron chi connectivity index (χ3n) is 6.91. The number of methoxy groups -OCH3 is 1. The van der Waals surface area contributed by atoms with Gasteiger partial charge in [-0.25, -0.2) is 4.98 Å². The van der Waals surface area contributed by atoms with Crippen molar-refractivity contribution >= 4 is 22.6 Å². The van der Waals surface area contributed by atoms with Gasteiger partial charge in [0.1, 0.15) is 11.6 Å². The van der Waals surface area contributed by atoms with E-state index in [9.17, 15) is 4.79 Å². The van der Waals surface area contributed by atoms with Crippen molar-refractivity contribution in [2.45, 2.75) is 6.42 Å². The number of amides is 1. The number of piperazine rings is 1. The van der Waals surface area contributed by atoms with Gasteiger partial charge in [0.25, 0.3) is 0 Å². The van der Waals surface area contributed by atoms with E-state index in [0.29, 0.717) is 11.7 Å². The summed E-state index contributed by atoms with van der Waals surface area (Å²) in [6.07, 6.45) is 2.81. The van der Waals surface area contributed by atoms with Gasteiger partial charge < -0.3 is 24.4 Å². The molecular weight excluding hydrogens is 402 g/mol. The summed E-state index contributed by atoms with van der Waals surface area (Å²) in [4.78, 5) is 22.2. The van der Waals surface area contributed by atoms with Gasteiger partial charge in [-0.05, 0) is 43.7 Å². The van der Waals surface area contributed by atoms with Crippen molar-refractivity contribution in [3.05, 3.63) is 42.6 Å². The van der Waals surface area contributed by atoms with Gasteiger partial charge >= 0.3 is 0 Å². The summed E-state index contributed by atoms with van der Waals surface area (Å²) >= 11 is 0. The number of hydrogen-bond acceptors (Lipinski definition) is 5. The van der Waals surface area contributed by atoms with Crippen LogP contribution in [0.25, 0.3) is 22.2 Å². The fourth-order valence-corrected chi connectivity index (χ4v) is 4.77. The summed E-state index contributed by atoms with van der Waals surface area (Å²) in [7, 11) is 5.88. The third-order valence-corrected chi connectivity index (χ3v) is 6.91. The molecule has 3 heterocycles. The first kappa shape index (κ1) is 21.0. The molecule has 1 aliphatic carbocycles. The summed E-state index contributed by atoms with van der Waals surface area (Å²) in [5.41, 5.74) is 3.10. The fourth-order valence-electron chi connectivity index (χ4n) is 4.77. The van der Waals surface area contributed by atoms with Crippen molar-refractivity contribution in [2.24, 2.45) is 18.9 Å². The number of hydrogen-bond donors (Lipinski definition) is 1. The molecule has 1 N–H and O–H groups in total. The molecule has 0 unspecified atom stereocenters. The molecule has 1 saturated carbocycles. The van der Waals surface area contributed by atoms with Gasteiger partial charge in [0.05, 0.1) is 24.5 Å². The Bertz CT molecular complexity index is 1130. The lowest BCUT2D eigenvalue weighted by Gasteiger charge is -2.32. The molecule has 3 aromatic rings. The van der Waals surface area contributed by atoms with E-state index in [1.807, 2.05) is 37.5 Å². The maximum atomic E-state index is 12.8. The number of fused-ring (bicyclic) bond motifs is 1. The Kier molecular flexibility index (Phi) is 5.61. The predicted molar refractivity (Wildman–Crippen MR) is 127 cm³/mol. The van der Waals surface area contributed by atoms with Crippen LogP contribution in [-0.2, 0) is 11.8 Å². The largest absolute Gasteiger partial charge is 0.496 e. The molecule has 0 spiro atoms. The number of likely N-dealkylation sites (N-methyl/N-ethyl adjacent to an activating group) is 1. The molecule has 1 aliphatic heterocycles. The summed E-state index contributed by atoms with van der Waals surface area (Å²) in [5.74, 6) is 2.12. The smallest absolute Gasteiger partial charge is 0.228 e. The van der Waals surface area contributed by atoms with E-state index < -0.39 is 0 Å². The highest BCUT2D eigenvalue weighted by molar-refractivity contribution is 5.96. The van der Waals surface area contributed by atoms with Crippen LogP contribution in [0.3, 0.4) is 0 Å². The molecule has 1 amide bonds. The maximum absolute atomic E-state index is 12.8. The third kappa shape index (κ3) is 4.10. The molecule has 1 aromatic carbocycles. The van der Waals surface area contributed by atoms with Crippen LogP contribution in [0.15, 0.2) is 42.6 Å². The van der Waals surface area contributed by atoms with Gasteiger partial charge in [0.15, 0.2) is 0 Å². The van der Waals surface area contributed by atoms with E-state index in [1.54, 1.807) is 7.11 Å². The number of pyridine rings is 1. The van der Waals surface area contributed by atoms with Crippen LogP contribution in [0.5, 0.6) is 5.75 Å². The minimum Gasteiger partial charge on any atom is -0.496 e. The van der Waals surface area contributed by atoms with Crippen molar-refractivity contribution in [2.75, 3.05) is 52.2 Å². The van der Waals surface area contributed by atoms with E-state index in [1.165, 1.54) is 0 Å². The van der Waals surface area contributed by atoms with Crippen molar-refractivity contribution in [1.29, 1.82) is 0 Å². The van der Waals surface area contributed by atoms with Gasteiger partial charge in [-0.2, -0.15) is 0 Å². The van der Waals surface area contributed by atoms with Gasteiger partial charge in [-0.15, -0.1) is 0 Å². The summed E-state index contributed by atoms with van der Waals surface area (Å²) in [5, 5.41) is 4.10. The van der Waals surface area contributed by atoms with E-state index in [-0.39, 0.29) is 11.8 Å². The molecule has 0 radical (unpaired) electrons. The summed E-state index contributed by atoms with van der Waals surface area (Å²) < 4.78 is 7.65. The van der Waals surface area contributed by atoms with E-state index in [2.05, 4.69) is 43.8 Å². The number of para-hydroxylation sites is 1. The van der Waals surface area contributed by atoms with Gasteiger partial charge in [-0.3, -0.25) is 4.79 Å². The second kappa shape index (κ2) is 8.56.